The Kier molecular flexibility index (Phi) is 3.93. The van der Waals surface area contributed by atoms with Crippen LogP contribution in [0.1, 0.15) is 33.1 Å². The predicted molar refractivity (Wildman–Crippen MR) is 57.0 cm³/mol. The fourth-order valence-corrected chi connectivity index (χ4v) is 1.73. The Balaban J connectivity index is 2.61. The molecular weight excluding hydrogens is 176 g/mol. The van der Waals surface area contributed by atoms with Crippen LogP contribution in [0.3, 0.4) is 0 Å². The average molecular weight is 194 g/mol. The number of allylic oxidation sites excluding steroid dienone is 4. The minimum atomic E-state index is -0.665. The van der Waals surface area contributed by atoms with Crippen LogP contribution in [-0.2, 0) is 4.79 Å². The van der Waals surface area contributed by atoms with Gasteiger partial charge in [-0.15, -0.1) is 0 Å². The first-order chi connectivity index (χ1) is 6.63. The zero-order valence-corrected chi connectivity index (χ0v) is 8.86. The van der Waals surface area contributed by atoms with E-state index in [4.69, 9.17) is 5.11 Å². The van der Waals surface area contributed by atoms with Gasteiger partial charge in [0, 0.05) is 0 Å². The van der Waals surface area contributed by atoms with Crippen molar-refractivity contribution < 1.29 is 9.90 Å². The van der Waals surface area contributed by atoms with Crippen molar-refractivity contribution in [1.29, 1.82) is 0 Å². The van der Waals surface area contributed by atoms with Gasteiger partial charge in [-0.25, -0.2) is 0 Å². The molecule has 0 fully saturated rings. The van der Waals surface area contributed by atoms with Gasteiger partial charge in [0.2, 0.25) is 0 Å². The Hall–Kier alpha value is -1.05. The maximum atomic E-state index is 10.8. The Morgan fingerprint density at radius 3 is 2.93 bits per heavy atom. The van der Waals surface area contributed by atoms with Crippen LogP contribution < -0.4 is 0 Å². The van der Waals surface area contributed by atoms with Gasteiger partial charge in [0.05, 0.1) is 5.92 Å². The first kappa shape index (κ1) is 11.0. The highest BCUT2D eigenvalue weighted by molar-refractivity contribution is 5.70. The molecular formula is C12H18O2. The summed E-state index contributed by atoms with van der Waals surface area (Å²) in [6.07, 6.45) is 8.78. The van der Waals surface area contributed by atoms with E-state index >= 15 is 0 Å². The fraction of sp³-hybridized carbons (Fsp3) is 0.583. The van der Waals surface area contributed by atoms with Crippen LogP contribution in [0.25, 0.3) is 0 Å². The number of carboxylic acids is 1. The molecule has 1 aliphatic carbocycles. The van der Waals surface area contributed by atoms with Gasteiger partial charge in [-0.05, 0) is 32.1 Å². The molecule has 0 saturated heterocycles. The van der Waals surface area contributed by atoms with Crippen LogP contribution >= 0.6 is 0 Å². The summed E-state index contributed by atoms with van der Waals surface area (Å²) in [6, 6.07) is 0. The van der Waals surface area contributed by atoms with Gasteiger partial charge in [0.1, 0.15) is 0 Å². The van der Waals surface area contributed by atoms with Crippen molar-refractivity contribution in [2.75, 3.05) is 0 Å². The molecule has 0 saturated carbocycles. The number of carbonyl (C=O) groups is 1. The first-order valence-corrected chi connectivity index (χ1v) is 5.20. The van der Waals surface area contributed by atoms with E-state index in [0.29, 0.717) is 12.3 Å². The summed E-state index contributed by atoms with van der Waals surface area (Å²) in [6.45, 7) is 4.21. The van der Waals surface area contributed by atoms with E-state index in [1.807, 2.05) is 6.08 Å². The second-order valence-electron chi connectivity index (χ2n) is 3.97. The van der Waals surface area contributed by atoms with E-state index < -0.39 is 5.97 Å². The predicted octanol–water partition coefficient (Wildman–Crippen LogP) is 3.01. The number of hydrogen-bond donors (Lipinski definition) is 1. The van der Waals surface area contributed by atoms with Crippen LogP contribution in [0.15, 0.2) is 23.8 Å². The highest BCUT2D eigenvalue weighted by Gasteiger charge is 2.22. The second-order valence-corrected chi connectivity index (χ2v) is 3.97. The number of carboxylic acid groups (broad SMARTS) is 1. The molecule has 0 aliphatic heterocycles. The zero-order valence-electron chi connectivity index (χ0n) is 8.86. The first-order valence-electron chi connectivity index (χ1n) is 5.20. The maximum absolute atomic E-state index is 10.8. The van der Waals surface area contributed by atoms with E-state index in [1.54, 1.807) is 0 Å². The minimum absolute atomic E-state index is 0.189. The minimum Gasteiger partial charge on any atom is -0.481 e. The van der Waals surface area contributed by atoms with E-state index in [1.165, 1.54) is 5.57 Å². The molecule has 2 heteroatoms. The Bertz CT molecular complexity index is 263. The largest absolute Gasteiger partial charge is 0.481 e. The van der Waals surface area contributed by atoms with Gasteiger partial charge in [-0.3, -0.25) is 4.79 Å². The molecule has 0 bridgehead atoms. The van der Waals surface area contributed by atoms with Crippen LogP contribution in [0, 0.1) is 11.8 Å². The molecule has 2 unspecified atom stereocenters. The molecule has 0 radical (unpaired) electrons. The van der Waals surface area contributed by atoms with E-state index in [2.05, 4.69) is 26.0 Å². The Morgan fingerprint density at radius 1 is 1.64 bits per heavy atom. The lowest BCUT2D eigenvalue weighted by Crippen LogP contribution is -2.18. The van der Waals surface area contributed by atoms with Gasteiger partial charge in [0.15, 0.2) is 0 Å². The Morgan fingerprint density at radius 2 is 2.36 bits per heavy atom. The average Bonchev–Trinajstić information content (AvgIpc) is 2.18. The fourth-order valence-electron chi connectivity index (χ4n) is 1.73. The Labute approximate surface area is 85.3 Å². The van der Waals surface area contributed by atoms with Crippen molar-refractivity contribution in [3.05, 3.63) is 23.8 Å². The normalized spacial score (nSPS) is 27.7. The van der Waals surface area contributed by atoms with Crippen molar-refractivity contribution in [2.24, 2.45) is 11.8 Å². The number of aliphatic carboxylic acids is 1. The second kappa shape index (κ2) is 4.99. The van der Waals surface area contributed by atoms with Crippen LogP contribution in [0.2, 0.25) is 0 Å². The lowest BCUT2D eigenvalue weighted by Gasteiger charge is -2.19. The third kappa shape index (κ3) is 3.02. The van der Waals surface area contributed by atoms with Gasteiger partial charge < -0.3 is 5.11 Å². The summed E-state index contributed by atoms with van der Waals surface area (Å²) in [5, 5.41) is 8.89. The molecule has 0 aromatic rings. The van der Waals surface area contributed by atoms with Crippen LogP contribution in [-0.4, -0.2) is 11.1 Å². The van der Waals surface area contributed by atoms with Gasteiger partial charge in [0.25, 0.3) is 0 Å². The molecule has 0 spiro atoms. The summed E-state index contributed by atoms with van der Waals surface area (Å²) >= 11 is 0. The third-order valence-corrected chi connectivity index (χ3v) is 2.77. The molecule has 2 nitrogen and oxygen atoms in total. The van der Waals surface area contributed by atoms with Crippen LogP contribution in [0.4, 0.5) is 0 Å². The molecule has 0 aromatic carbocycles. The monoisotopic (exact) mass is 194 g/mol. The quantitative estimate of drug-likeness (QED) is 0.701. The summed E-state index contributed by atoms with van der Waals surface area (Å²) in [5.74, 6) is -0.530. The molecule has 0 amide bonds. The molecule has 2 atom stereocenters. The topological polar surface area (TPSA) is 37.3 Å². The van der Waals surface area contributed by atoms with Gasteiger partial charge >= 0.3 is 5.97 Å². The van der Waals surface area contributed by atoms with Gasteiger partial charge in [-0.2, -0.15) is 0 Å². The molecule has 78 valence electrons. The number of rotatable bonds is 3. The third-order valence-electron chi connectivity index (χ3n) is 2.77. The van der Waals surface area contributed by atoms with Crippen molar-refractivity contribution >= 4 is 5.97 Å². The lowest BCUT2D eigenvalue weighted by molar-refractivity contribution is -0.142. The molecule has 1 aliphatic rings. The van der Waals surface area contributed by atoms with E-state index in [9.17, 15) is 4.79 Å². The SMILES string of the molecule is CC/C(C)=C\C1C=CCC(C(=O)O)C1. The van der Waals surface area contributed by atoms with E-state index in [-0.39, 0.29) is 5.92 Å². The molecule has 0 aromatic heterocycles. The highest BCUT2D eigenvalue weighted by atomic mass is 16.4. The highest BCUT2D eigenvalue weighted by Crippen LogP contribution is 2.25. The molecule has 14 heavy (non-hydrogen) atoms. The van der Waals surface area contributed by atoms with Crippen molar-refractivity contribution in [2.45, 2.75) is 33.1 Å². The maximum Gasteiger partial charge on any atom is 0.306 e. The van der Waals surface area contributed by atoms with E-state index in [0.717, 1.165) is 12.8 Å². The summed E-state index contributed by atoms with van der Waals surface area (Å²) in [4.78, 5) is 10.8. The summed E-state index contributed by atoms with van der Waals surface area (Å²) in [5.41, 5.74) is 1.34. The van der Waals surface area contributed by atoms with Crippen molar-refractivity contribution in [3.63, 3.8) is 0 Å². The summed E-state index contributed by atoms with van der Waals surface area (Å²) < 4.78 is 0. The molecule has 1 rings (SSSR count). The molecule has 0 heterocycles. The number of hydrogen-bond acceptors (Lipinski definition) is 1. The van der Waals surface area contributed by atoms with Crippen molar-refractivity contribution in [1.82, 2.24) is 0 Å². The lowest BCUT2D eigenvalue weighted by atomic mass is 9.85. The van der Waals surface area contributed by atoms with Crippen LogP contribution in [0.5, 0.6) is 0 Å². The van der Waals surface area contributed by atoms with Crippen molar-refractivity contribution in [3.8, 4) is 0 Å². The zero-order chi connectivity index (χ0) is 10.6. The summed E-state index contributed by atoms with van der Waals surface area (Å²) in [7, 11) is 0. The standard InChI is InChI=1S/C12H18O2/c1-3-9(2)7-10-5-4-6-11(8-10)12(13)14/h4-5,7,10-11H,3,6,8H2,1-2H3,(H,13,14)/b9-7-. The van der Waals surface area contributed by atoms with Gasteiger partial charge in [-0.1, -0.05) is 30.7 Å². The molecule has 1 N–H and O–H groups in total. The smallest absolute Gasteiger partial charge is 0.306 e.